The van der Waals surface area contributed by atoms with Gasteiger partial charge in [0, 0.05) is 24.5 Å². The van der Waals surface area contributed by atoms with Crippen molar-refractivity contribution >= 4 is 11.2 Å². The van der Waals surface area contributed by atoms with Crippen LogP contribution in [0.1, 0.15) is 25.6 Å². The van der Waals surface area contributed by atoms with Crippen LogP contribution in [0.25, 0.3) is 11.2 Å². The van der Waals surface area contributed by atoms with E-state index in [1.807, 2.05) is 26.0 Å². The van der Waals surface area contributed by atoms with Crippen LogP contribution in [0.5, 0.6) is 11.5 Å². The van der Waals surface area contributed by atoms with E-state index in [9.17, 15) is 4.79 Å². The van der Waals surface area contributed by atoms with Crippen LogP contribution in [0.15, 0.2) is 35.4 Å². The van der Waals surface area contributed by atoms with Crippen molar-refractivity contribution in [3.05, 3.63) is 46.8 Å². The molecule has 3 aromatic rings. The summed E-state index contributed by atoms with van der Waals surface area (Å²) in [6.07, 6.45) is 3.33. The van der Waals surface area contributed by atoms with Crippen molar-refractivity contribution in [1.82, 2.24) is 19.1 Å². The Bertz CT molecular complexity index is 927. The van der Waals surface area contributed by atoms with E-state index in [2.05, 4.69) is 9.97 Å². The highest BCUT2D eigenvalue weighted by Crippen LogP contribution is 2.29. The van der Waals surface area contributed by atoms with E-state index in [0.29, 0.717) is 22.8 Å². The topological polar surface area (TPSA) is 71.2 Å². The van der Waals surface area contributed by atoms with Crippen molar-refractivity contribution < 1.29 is 9.47 Å². The second-order valence-electron chi connectivity index (χ2n) is 5.67. The number of hydrogen-bond acceptors (Lipinski definition) is 5. The Morgan fingerprint density at radius 2 is 1.92 bits per heavy atom. The number of rotatable bonds is 5. The van der Waals surface area contributed by atoms with Crippen LogP contribution in [0, 0.1) is 0 Å². The zero-order valence-electron chi connectivity index (χ0n) is 14.2. The number of fused-ring (bicyclic) bond motifs is 1. The minimum absolute atomic E-state index is 0.0105. The normalized spacial score (nSPS) is 11.2. The Balaban J connectivity index is 2.19. The third kappa shape index (κ3) is 2.51. The summed E-state index contributed by atoms with van der Waals surface area (Å²) in [5.41, 5.74) is 1.94. The number of nitrogens with zero attached hydrogens (tertiary/aromatic N) is 4. The largest absolute Gasteiger partial charge is 0.493 e. The van der Waals surface area contributed by atoms with Crippen LogP contribution < -0.4 is 15.2 Å². The molecular formula is C17H20N4O3. The van der Waals surface area contributed by atoms with E-state index >= 15 is 0 Å². The van der Waals surface area contributed by atoms with Crippen molar-refractivity contribution in [3.63, 3.8) is 0 Å². The molecule has 3 heterocycles. The molecule has 0 aliphatic rings. The average Bonchev–Trinajstić information content (AvgIpc) is 2.86. The molecule has 24 heavy (non-hydrogen) atoms. The first kappa shape index (κ1) is 16.0. The van der Waals surface area contributed by atoms with Gasteiger partial charge in [0.2, 0.25) is 0 Å². The first-order valence-electron chi connectivity index (χ1n) is 7.70. The van der Waals surface area contributed by atoms with Crippen molar-refractivity contribution in [3.8, 4) is 11.5 Å². The number of methoxy groups -OCH3 is 2. The van der Waals surface area contributed by atoms with Gasteiger partial charge in [-0.05, 0) is 26.0 Å². The monoisotopic (exact) mass is 328 g/mol. The molecule has 0 amide bonds. The van der Waals surface area contributed by atoms with E-state index in [1.165, 1.54) is 0 Å². The van der Waals surface area contributed by atoms with Crippen molar-refractivity contribution in [2.45, 2.75) is 26.4 Å². The highest BCUT2D eigenvalue weighted by atomic mass is 16.5. The minimum atomic E-state index is -0.120. The first-order valence-corrected chi connectivity index (χ1v) is 7.70. The van der Waals surface area contributed by atoms with Crippen LogP contribution in [0.4, 0.5) is 0 Å². The summed E-state index contributed by atoms with van der Waals surface area (Å²) in [6.45, 7) is 4.20. The van der Waals surface area contributed by atoms with Crippen molar-refractivity contribution in [2.75, 3.05) is 14.2 Å². The summed E-state index contributed by atoms with van der Waals surface area (Å²) in [7, 11) is 3.13. The third-order valence-corrected chi connectivity index (χ3v) is 3.91. The Morgan fingerprint density at radius 1 is 1.12 bits per heavy atom. The lowest BCUT2D eigenvalue weighted by atomic mass is 10.3. The molecule has 0 N–H and O–H groups in total. The smallest absolute Gasteiger partial charge is 0.330 e. The van der Waals surface area contributed by atoms with Gasteiger partial charge in [-0.15, -0.1) is 0 Å². The van der Waals surface area contributed by atoms with Gasteiger partial charge in [0.15, 0.2) is 17.1 Å². The maximum Gasteiger partial charge on any atom is 0.330 e. The number of ether oxygens (including phenoxy) is 2. The second kappa shape index (κ2) is 6.35. The van der Waals surface area contributed by atoms with Crippen LogP contribution in [0.2, 0.25) is 0 Å². The Kier molecular flexibility index (Phi) is 4.24. The SMILES string of the molecule is COc1ccnc(Cn2c(=O)n(C(C)C)c3ncccc32)c1OC. The van der Waals surface area contributed by atoms with Crippen LogP contribution >= 0.6 is 0 Å². The van der Waals surface area contributed by atoms with Crippen LogP contribution in [-0.4, -0.2) is 33.3 Å². The number of aromatic nitrogens is 4. The molecule has 0 aliphatic heterocycles. The molecule has 0 saturated carbocycles. The van der Waals surface area contributed by atoms with Gasteiger partial charge < -0.3 is 9.47 Å². The quantitative estimate of drug-likeness (QED) is 0.718. The molecule has 3 rings (SSSR count). The van der Waals surface area contributed by atoms with E-state index in [4.69, 9.17) is 9.47 Å². The highest BCUT2D eigenvalue weighted by molar-refractivity contribution is 5.71. The molecule has 0 aliphatic carbocycles. The Hall–Kier alpha value is -2.83. The fraction of sp³-hybridized carbons (Fsp3) is 0.353. The van der Waals surface area contributed by atoms with Gasteiger partial charge in [-0.2, -0.15) is 0 Å². The molecule has 0 unspecified atom stereocenters. The summed E-state index contributed by atoms with van der Waals surface area (Å²) in [5, 5.41) is 0. The van der Waals surface area contributed by atoms with E-state index in [1.54, 1.807) is 41.8 Å². The lowest BCUT2D eigenvalue weighted by molar-refractivity contribution is 0.348. The fourth-order valence-electron chi connectivity index (χ4n) is 2.84. The number of imidazole rings is 1. The molecule has 7 nitrogen and oxygen atoms in total. The predicted molar refractivity (Wildman–Crippen MR) is 90.8 cm³/mol. The highest BCUT2D eigenvalue weighted by Gasteiger charge is 2.19. The van der Waals surface area contributed by atoms with Gasteiger partial charge >= 0.3 is 5.69 Å². The predicted octanol–water partition coefficient (Wildman–Crippen LogP) is 2.24. The third-order valence-electron chi connectivity index (χ3n) is 3.91. The summed E-state index contributed by atoms with van der Waals surface area (Å²) in [5.74, 6) is 1.11. The maximum atomic E-state index is 12.9. The molecular weight excluding hydrogens is 308 g/mol. The molecule has 0 atom stereocenters. The molecule has 3 aromatic heterocycles. The lowest BCUT2D eigenvalue weighted by Crippen LogP contribution is -2.26. The molecule has 0 aromatic carbocycles. The minimum Gasteiger partial charge on any atom is -0.493 e. The van der Waals surface area contributed by atoms with Crippen LogP contribution in [0.3, 0.4) is 0 Å². The van der Waals surface area contributed by atoms with Crippen molar-refractivity contribution in [1.29, 1.82) is 0 Å². The van der Waals surface area contributed by atoms with E-state index in [-0.39, 0.29) is 18.3 Å². The van der Waals surface area contributed by atoms with Crippen LogP contribution in [-0.2, 0) is 6.54 Å². The summed E-state index contributed by atoms with van der Waals surface area (Å²) >= 11 is 0. The van der Waals surface area contributed by atoms with Gasteiger partial charge in [0.1, 0.15) is 5.69 Å². The van der Waals surface area contributed by atoms with Gasteiger partial charge in [0.05, 0.1) is 26.3 Å². The van der Waals surface area contributed by atoms with Crippen molar-refractivity contribution in [2.24, 2.45) is 0 Å². The van der Waals surface area contributed by atoms with Gasteiger partial charge in [0.25, 0.3) is 0 Å². The molecule has 126 valence electrons. The summed E-state index contributed by atoms with van der Waals surface area (Å²) in [6, 6.07) is 5.44. The van der Waals surface area contributed by atoms with Gasteiger partial charge in [-0.1, -0.05) is 0 Å². The summed E-state index contributed by atoms with van der Waals surface area (Å²) < 4.78 is 14.1. The zero-order chi connectivity index (χ0) is 17.3. The molecule has 0 spiro atoms. The molecule has 7 heteroatoms. The first-order chi connectivity index (χ1) is 11.6. The van der Waals surface area contributed by atoms with Gasteiger partial charge in [-0.25, -0.2) is 9.78 Å². The maximum absolute atomic E-state index is 12.9. The summed E-state index contributed by atoms with van der Waals surface area (Å²) in [4.78, 5) is 21.6. The van der Waals surface area contributed by atoms with Gasteiger partial charge in [-0.3, -0.25) is 14.1 Å². The molecule has 0 bridgehead atoms. The molecule has 0 fully saturated rings. The second-order valence-corrected chi connectivity index (χ2v) is 5.67. The zero-order valence-corrected chi connectivity index (χ0v) is 14.2. The number of hydrogen-bond donors (Lipinski definition) is 0. The Morgan fingerprint density at radius 3 is 2.58 bits per heavy atom. The van der Waals surface area contributed by atoms with E-state index in [0.717, 1.165) is 5.52 Å². The average molecular weight is 328 g/mol. The van der Waals surface area contributed by atoms with E-state index < -0.39 is 0 Å². The molecule has 0 radical (unpaired) electrons. The standard InChI is InChI=1S/C17H20N4O3/c1-11(2)21-16-13(6-5-8-19-16)20(17(21)22)10-12-15(24-4)14(23-3)7-9-18-12/h5-9,11H,10H2,1-4H3. The molecule has 0 saturated heterocycles. The lowest BCUT2D eigenvalue weighted by Gasteiger charge is -2.12. The Labute approximate surface area is 139 Å². The fourth-order valence-corrected chi connectivity index (χ4v) is 2.84. The number of pyridine rings is 2.